The molecule has 0 aliphatic carbocycles. The Labute approximate surface area is 121 Å². The number of anilines is 3. The molecule has 0 aliphatic heterocycles. The summed E-state index contributed by atoms with van der Waals surface area (Å²) in [6, 6.07) is 0. The molecule has 7 nitrogen and oxygen atoms in total. The molecule has 7 heteroatoms. The van der Waals surface area contributed by atoms with Crippen molar-refractivity contribution in [3.63, 3.8) is 0 Å². The molecule has 20 heavy (non-hydrogen) atoms. The lowest BCUT2D eigenvalue weighted by molar-refractivity contribution is 0.301. The van der Waals surface area contributed by atoms with Crippen LogP contribution in [0.4, 0.5) is 17.8 Å². The second-order valence-electron chi connectivity index (χ2n) is 4.79. The molecule has 0 aliphatic rings. The van der Waals surface area contributed by atoms with Crippen LogP contribution >= 0.6 is 0 Å². The number of aliphatic hydroxyl groups excluding tert-OH is 1. The molecule has 0 amide bonds. The normalized spacial score (nSPS) is 10.4. The van der Waals surface area contributed by atoms with Crippen molar-refractivity contribution in [3.05, 3.63) is 0 Å². The van der Waals surface area contributed by atoms with Crippen LogP contribution in [0.3, 0.4) is 0 Å². The highest BCUT2D eigenvalue weighted by Gasteiger charge is 2.13. The molecule has 0 radical (unpaired) electrons. The lowest BCUT2D eigenvalue weighted by atomic mass is 10.4. The van der Waals surface area contributed by atoms with Gasteiger partial charge in [-0.15, -0.1) is 0 Å². The van der Waals surface area contributed by atoms with Crippen molar-refractivity contribution in [2.75, 3.05) is 55.5 Å². The third kappa shape index (κ3) is 4.80. The van der Waals surface area contributed by atoms with Crippen molar-refractivity contribution in [1.82, 2.24) is 15.0 Å². The number of hydrogen-bond acceptors (Lipinski definition) is 7. The molecule has 1 aromatic rings. The first-order valence-corrected chi connectivity index (χ1v) is 7.15. The quantitative estimate of drug-likeness (QED) is 0.698. The molecule has 0 fully saturated rings. The Hall–Kier alpha value is -1.63. The summed E-state index contributed by atoms with van der Waals surface area (Å²) < 4.78 is 0. The van der Waals surface area contributed by atoms with Crippen LogP contribution in [-0.2, 0) is 0 Å². The van der Waals surface area contributed by atoms with Crippen molar-refractivity contribution in [2.24, 2.45) is 0 Å². The van der Waals surface area contributed by atoms with Gasteiger partial charge in [0.15, 0.2) is 0 Å². The van der Waals surface area contributed by atoms with Gasteiger partial charge >= 0.3 is 0 Å². The van der Waals surface area contributed by atoms with Gasteiger partial charge in [0.1, 0.15) is 0 Å². The number of nitrogens with one attached hydrogen (secondary N) is 1. The van der Waals surface area contributed by atoms with Crippen LogP contribution in [0.15, 0.2) is 0 Å². The molecule has 0 saturated carbocycles. The second kappa shape index (κ2) is 8.52. The highest BCUT2D eigenvalue weighted by molar-refractivity contribution is 5.44. The summed E-state index contributed by atoms with van der Waals surface area (Å²) in [5.41, 5.74) is 0. The summed E-state index contributed by atoms with van der Waals surface area (Å²) in [5, 5.41) is 12.4. The van der Waals surface area contributed by atoms with Crippen LogP contribution in [0.5, 0.6) is 0 Å². The number of aliphatic hydroxyl groups is 1. The van der Waals surface area contributed by atoms with Gasteiger partial charge in [0.05, 0.1) is 6.61 Å². The van der Waals surface area contributed by atoms with Gasteiger partial charge in [-0.05, 0) is 12.8 Å². The van der Waals surface area contributed by atoms with Gasteiger partial charge in [-0.2, -0.15) is 15.0 Å². The SMILES string of the molecule is CCCNc1nc(N(C)C)nc(N(CCC)CCO)n1. The molecule has 0 atom stereocenters. The van der Waals surface area contributed by atoms with Crippen molar-refractivity contribution in [3.8, 4) is 0 Å². The lowest BCUT2D eigenvalue weighted by Gasteiger charge is -2.22. The summed E-state index contributed by atoms with van der Waals surface area (Å²) in [6.07, 6.45) is 1.98. The molecule has 0 unspecified atom stereocenters. The third-order valence-electron chi connectivity index (χ3n) is 2.69. The lowest BCUT2D eigenvalue weighted by Crippen LogP contribution is -2.30. The summed E-state index contributed by atoms with van der Waals surface area (Å²) >= 11 is 0. The van der Waals surface area contributed by atoms with E-state index in [1.165, 1.54) is 0 Å². The van der Waals surface area contributed by atoms with Crippen LogP contribution in [0.1, 0.15) is 26.7 Å². The monoisotopic (exact) mass is 282 g/mol. The second-order valence-corrected chi connectivity index (χ2v) is 4.79. The number of nitrogens with zero attached hydrogens (tertiary/aromatic N) is 5. The van der Waals surface area contributed by atoms with Gasteiger partial charge in [0.25, 0.3) is 0 Å². The number of rotatable bonds is 9. The summed E-state index contributed by atoms with van der Waals surface area (Å²) in [4.78, 5) is 17.1. The van der Waals surface area contributed by atoms with E-state index in [2.05, 4.69) is 34.1 Å². The van der Waals surface area contributed by atoms with Gasteiger partial charge < -0.3 is 20.2 Å². The van der Waals surface area contributed by atoms with E-state index in [0.29, 0.717) is 24.4 Å². The summed E-state index contributed by atoms with van der Waals surface area (Å²) in [6.45, 7) is 6.43. The molecule has 1 aromatic heterocycles. The predicted molar refractivity (Wildman–Crippen MR) is 82.5 cm³/mol. The minimum absolute atomic E-state index is 0.0840. The van der Waals surface area contributed by atoms with Crippen molar-refractivity contribution in [1.29, 1.82) is 0 Å². The maximum Gasteiger partial charge on any atom is 0.232 e. The Balaban J connectivity index is 3.04. The standard InChI is InChI=1S/C13H26N6O/c1-5-7-14-11-15-12(18(3)4)17-13(16-11)19(8-6-2)9-10-20/h20H,5-10H2,1-4H3,(H,14,15,16,17). The first kappa shape index (κ1) is 16.4. The zero-order valence-electron chi connectivity index (χ0n) is 12.9. The van der Waals surface area contributed by atoms with Crippen LogP contribution < -0.4 is 15.1 Å². The van der Waals surface area contributed by atoms with Crippen molar-refractivity contribution >= 4 is 17.8 Å². The Morgan fingerprint density at radius 2 is 1.70 bits per heavy atom. The molecule has 2 N–H and O–H groups in total. The molecule has 0 saturated heterocycles. The Bertz CT molecular complexity index is 392. The van der Waals surface area contributed by atoms with Gasteiger partial charge in [-0.1, -0.05) is 13.8 Å². The maximum absolute atomic E-state index is 9.17. The minimum atomic E-state index is 0.0840. The molecule has 114 valence electrons. The Kier molecular flexibility index (Phi) is 7.00. The van der Waals surface area contributed by atoms with Gasteiger partial charge in [0, 0.05) is 33.7 Å². The predicted octanol–water partition coefficient (Wildman–Crippen LogP) is 0.968. The van der Waals surface area contributed by atoms with E-state index in [1.807, 2.05) is 23.9 Å². The molecule has 1 rings (SSSR count). The van der Waals surface area contributed by atoms with Crippen molar-refractivity contribution in [2.45, 2.75) is 26.7 Å². The van der Waals surface area contributed by atoms with Crippen LogP contribution in [0.2, 0.25) is 0 Å². The summed E-state index contributed by atoms with van der Waals surface area (Å²) in [5.74, 6) is 1.81. The van der Waals surface area contributed by atoms with Gasteiger partial charge in [-0.3, -0.25) is 0 Å². The van der Waals surface area contributed by atoms with Crippen molar-refractivity contribution < 1.29 is 5.11 Å². The molecular weight excluding hydrogens is 256 g/mol. The fourth-order valence-corrected chi connectivity index (χ4v) is 1.71. The fraction of sp³-hybridized carbons (Fsp3) is 0.769. The molecule has 0 aromatic carbocycles. The first-order chi connectivity index (χ1) is 9.62. The highest BCUT2D eigenvalue weighted by Crippen LogP contribution is 2.15. The van der Waals surface area contributed by atoms with E-state index in [1.54, 1.807) is 0 Å². The van der Waals surface area contributed by atoms with E-state index in [4.69, 9.17) is 0 Å². The molecule has 0 bridgehead atoms. The molecule has 1 heterocycles. The zero-order chi connectivity index (χ0) is 15.0. The van der Waals surface area contributed by atoms with E-state index in [0.717, 1.165) is 25.9 Å². The zero-order valence-corrected chi connectivity index (χ0v) is 12.9. The average molecular weight is 282 g/mol. The Morgan fingerprint density at radius 1 is 1.00 bits per heavy atom. The molecule has 0 spiro atoms. The fourth-order valence-electron chi connectivity index (χ4n) is 1.71. The average Bonchev–Trinajstić information content (AvgIpc) is 2.44. The van der Waals surface area contributed by atoms with Crippen LogP contribution in [0, 0.1) is 0 Å². The smallest absolute Gasteiger partial charge is 0.232 e. The largest absolute Gasteiger partial charge is 0.395 e. The summed E-state index contributed by atoms with van der Waals surface area (Å²) in [7, 11) is 3.80. The van der Waals surface area contributed by atoms with E-state index in [9.17, 15) is 5.11 Å². The van der Waals surface area contributed by atoms with Gasteiger partial charge in [-0.25, -0.2) is 0 Å². The van der Waals surface area contributed by atoms with E-state index < -0.39 is 0 Å². The topological polar surface area (TPSA) is 77.4 Å². The maximum atomic E-state index is 9.17. The third-order valence-corrected chi connectivity index (χ3v) is 2.69. The van der Waals surface area contributed by atoms with E-state index >= 15 is 0 Å². The van der Waals surface area contributed by atoms with Crippen LogP contribution in [0.25, 0.3) is 0 Å². The minimum Gasteiger partial charge on any atom is -0.395 e. The van der Waals surface area contributed by atoms with Gasteiger partial charge in [0.2, 0.25) is 17.8 Å². The first-order valence-electron chi connectivity index (χ1n) is 7.15. The van der Waals surface area contributed by atoms with E-state index in [-0.39, 0.29) is 6.61 Å². The van der Waals surface area contributed by atoms with Crippen LogP contribution in [-0.4, -0.2) is 60.4 Å². The molecular formula is C13H26N6O. The highest BCUT2D eigenvalue weighted by atomic mass is 16.3. The number of aromatic nitrogens is 3. The Morgan fingerprint density at radius 3 is 2.25 bits per heavy atom. The number of hydrogen-bond donors (Lipinski definition) is 2.